The molecule has 4 heterocycles. The minimum atomic E-state index is -0.109. The largest absolute Gasteiger partial charge is 0.383 e. The van der Waals surface area contributed by atoms with Gasteiger partial charge in [0, 0.05) is 44.5 Å². The van der Waals surface area contributed by atoms with Gasteiger partial charge in [0.25, 0.3) is 0 Å². The molecule has 0 spiro atoms. The molecule has 1 saturated heterocycles. The number of ether oxygens (including phenoxy) is 1. The lowest BCUT2D eigenvalue weighted by atomic mass is 9.57. The van der Waals surface area contributed by atoms with E-state index in [1.807, 2.05) is 31.5 Å². The number of nitrogens with one attached hydrogen (secondary N) is 2. The number of amides is 1. The van der Waals surface area contributed by atoms with Crippen molar-refractivity contribution in [2.45, 2.75) is 105 Å². The highest BCUT2D eigenvalue weighted by Crippen LogP contribution is 2.51. The number of carbonyl (C=O) groups is 1. The van der Waals surface area contributed by atoms with Crippen LogP contribution in [-0.2, 0) is 16.0 Å². The first-order valence-corrected chi connectivity index (χ1v) is 16.5. The molecule has 0 radical (unpaired) electrons. The molecule has 250 valence electrons. The lowest BCUT2D eigenvalue weighted by Gasteiger charge is -2.48. The van der Waals surface area contributed by atoms with Crippen molar-refractivity contribution in [3.8, 4) is 0 Å². The number of aliphatic imine (C=N–C) groups is 1. The van der Waals surface area contributed by atoms with Crippen LogP contribution in [0.25, 0.3) is 0 Å². The van der Waals surface area contributed by atoms with Gasteiger partial charge in [0.2, 0.25) is 5.91 Å². The van der Waals surface area contributed by atoms with E-state index >= 15 is 0 Å². The molecule has 0 aromatic carbocycles. The van der Waals surface area contributed by atoms with Crippen molar-refractivity contribution in [1.29, 1.82) is 0 Å². The summed E-state index contributed by atoms with van der Waals surface area (Å²) in [7, 11) is 1.72. The maximum Gasteiger partial charge on any atom is 0.247 e. The first-order valence-electron chi connectivity index (χ1n) is 16.5. The molecule has 3 aliphatic carbocycles. The average molecular weight is 623 g/mol. The van der Waals surface area contributed by atoms with Gasteiger partial charge in [0.05, 0.1) is 24.2 Å². The van der Waals surface area contributed by atoms with Crippen LogP contribution in [0, 0.1) is 23.2 Å². The van der Waals surface area contributed by atoms with Gasteiger partial charge < -0.3 is 19.9 Å². The summed E-state index contributed by atoms with van der Waals surface area (Å²) in [5, 5.41) is 12.7. The van der Waals surface area contributed by atoms with E-state index in [-0.39, 0.29) is 11.9 Å². The van der Waals surface area contributed by atoms with E-state index < -0.39 is 0 Å². The molecular formula is C35H58N8O2. The van der Waals surface area contributed by atoms with E-state index in [1.54, 1.807) is 32.6 Å². The molecule has 2 aromatic rings. The predicted molar refractivity (Wildman–Crippen MR) is 183 cm³/mol. The number of hydrogen-bond donors (Lipinski definition) is 2. The fourth-order valence-electron chi connectivity index (χ4n) is 5.98. The van der Waals surface area contributed by atoms with E-state index in [2.05, 4.69) is 81.6 Å². The Morgan fingerprint density at radius 2 is 1.78 bits per heavy atom. The summed E-state index contributed by atoms with van der Waals surface area (Å²) < 4.78 is 7.14. The summed E-state index contributed by atoms with van der Waals surface area (Å²) in [6, 6.07) is 4.38. The van der Waals surface area contributed by atoms with Crippen LogP contribution in [0.5, 0.6) is 0 Å². The van der Waals surface area contributed by atoms with Crippen molar-refractivity contribution in [3.63, 3.8) is 0 Å². The Bertz CT molecular complexity index is 1170. The highest BCUT2D eigenvalue weighted by atomic mass is 16.5. The molecular weight excluding hydrogens is 564 g/mol. The second-order valence-corrected chi connectivity index (χ2v) is 13.1. The second-order valence-electron chi connectivity index (χ2n) is 13.1. The smallest absolute Gasteiger partial charge is 0.247 e. The molecule has 1 amide bonds. The fourth-order valence-corrected chi connectivity index (χ4v) is 5.98. The minimum absolute atomic E-state index is 0.00463. The molecule has 3 atom stereocenters. The number of rotatable bonds is 5. The molecule has 2 aliphatic heterocycles. The highest BCUT2D eigenvalue weighted by molar-refractivity contribution is 5.85. The molecule has 10 nitrogen and oxygen atoms in total. The quantitative estimate of drug-likeness (QED) is 0.361. The zero-order chi connectivity index (χ0) is 33.2. The van der Waals surface area contributed by atoms with E-state index in [0.29, 0.717) is 23.9 Å². The zero-order valence-corrected chi connectivity index (χ0v) is 29.0. The molecule has 3 saturated carbocycles. The summed E-state index contributed by atoms with van der Waals surface area (Å²) in [6.07, 6.45) is 18.8. The minimum Gasteiger partial charge on any atom is -0.383 e. The molecule has 2 bridgehead atoms. The summed E-state index contributed by atoms with van der Waals surface area (Å²) in [5.41, 5.74) is 1.62. The number of azo groups is 1. The first-order chi connectivity index (χ1) is 21.5. The number of methoxy groups -OCH3 is 1. The van der Waals surface area contributed by atoms with Crippen LogP contribution in [0.15, 0.2) is 70.7 Å². The Hall–Kier alpha value is -3.40. The molecule has 2 aromatic heterocycles. The van der Waals surface area contributed by atoms with Crippen LogP contribution in [-0.4, -0.2) is 52.7 Å². The van der Waals surface area contributed by atoms with E-state index in [4.69, 9.17) is 4.74 Å². The maximum atomic E-state index is 10.6. The van der Waals surface area contributed by atoms with Gasteiger partial charge in [0.15, 0.2) is 6.67 Å². The first kappa shape index (κ1) is 37.8. The van der Waals surface area contributed by atoms with Gasteiger partial charge >= 0.3 is 0 Å². The molecule has 7 rings (SSSR count). The normalized spacial score (nSPS) is 23.3. The van der Waals surface area contributed by atoms with Gasteiger partial charge in [-0.1, -0.05) is 54.0 Å². The van der Waals surface area contributed by atoms with E-state index in [0.717, 1.165) is 48.7 Å². The summed E-state index contributed by atoms with van der Waals surface area (Å²) >= 11 is 0. The van der Waals surface area contributed by atoms with Gasteiger partial charge in [-0.25, -0.2) is 4.99 Å². The SMILES string of the molecule is C=C1NC(=O)C(C)N1.CC(C)(C)C1CC2CCC1CC2.CCC1=NCN=N1.CCc1cnccn1.COCC(C)n1cccc1. The molecule has 2 N–H and O–H groups in total. The predicted octanol–water partition coefficient (Wildman–Crippen LogP) is 7.38. The van der Waals surface area contributed by atoms with Crippen molar-refractivity contribution in [3.05, 3.63) is 61.2 Å². The summed E-state index contributed by atoms with van der Waals surface area (Å²) in [6.45, 7) is 20.1. The third kappa shape index (κ3) is 14.1. The van der Waals surface area contributed by atoms with Crippen LogP contribution in [0.2, 0.25) is 0 Å². The molecule has 5 aliphatic rings. The third-order valence-corrected chi connectivity index (χ3v) is 8.56. The van der Waals surface area contributed by atoms with Gasteiger partial charge in [0.1, 0.15) is 11.9 Å². The van der Waals surface area contributed by atoms with Crippen molar-refractivity contribution in [2.24, 2.45) is 38.4 Å². The van der Waals surface area contributed by atoms with E-state index in [1.165, 1.54) is 32.1 Å². The average Bonchev–Trinajstić information content (AvgIpc) is 3.83. The number of aromatic nitrogens is 3. The molecule has 10 heteroatoms. The van der Waals surface area contributed by atoms with Crippen LogP contribution >= 0.6 is 0 Å². The Morgan fingerprint density at radius 3 is 2.09 bits per heavy atom. The van der Waals surface area contributed by atoms with Crippen molar-refractivity contribution < 1.29 is 9.53 Å². The molecule has 45 heavy (non-hydrogen) atoms. The van der Waals surface area contributed by atoms with Crippen molar-refractivity contribution in [2.75, 3.05) is 20.4 Å². The van der Waals surface area contributed by atoms with Crippen molar-refractivity contribution in [1.82, 2.24) is 25.2 Å². The van der Waals surface area contributed by atoms with Crippen LogP contribution < -0.4 is 10.6 Å². The summed E-state index contributed by atoms with van der Waals surface area (Å²) in [4.78, 5) is 22.4. The monoisotopic (exact) mass is 622 g/mol. The maximum absolute atomic E-state index is 10.6. The number of carbonyl (C=O) groups excluding carboxylic acids is 1. The Labute approximate surface area is 271 Å². The number of nitrogens with zero attached hydrogens (tertiary/aromatic N) is 6. The Balaban J connectivity index is 0.000000199. The van der Waals surface area contributed by atoms with Gasteiger partial charge in [-0.05, 0) is 74.8 Å². The molecule has 4 fully saturated rings. The fraction of sp³-hybridized carbons (Fsp3) is 0.657. The van der Waals surface area contributed by atoms with Crippen molar-refractivity contribution >= 4 is 11.7 Å². The van der Waals surface area contributed by atoms with Gasteiger partial charge in [-0.15, -0.1) is 5.11 Å². The Morgan fingerprint density at radius 1 is 1.09 bits per heavy atom. The highest BCUT2D eigenvalue weighted by Gasteiger charge is 2.40. The Kier molecular flexibility index (Phi) is 16.7. The number of hydrogen-bond acceptors (Lipinski definition) is 8. The van der Waals surface area contributed by atoms with Crippen LogP contribution in [0.1, 0.15) is 98.7 Å². The topological polar surface area (TPSA) is 118 Å². The summed E-state index contributed by atoms with van der Waals surface area (Å²) in [5.74, 6) is 4.68. The standard InChI is InChI=1S/C12H22.C8H13NO.C6H8N2.C5H8N2O.C4H7N3/c1-12(2,3)11-8-9-4-6-10(11)7-5-9;1-8(7-10-2)9-5-3-4-6-9;1-2-6-5-7-3-4-8-6;1-3-5(8)7-4(2)6-3;1-2-4-5-3-6-7-4/h9-11H,4-8H2,1-3H3;3-6,8H,7H2,1-2H3;3-5H,2H2,1H3;3,6H,2H2,1H3,(H,7,8);2-3H2,1H3. The number of fused-ring (bicyclic) bond motifs is 3. The third-order valence-electron chi connectivity index (χ3n) is 8.56. The molecule has 3 unspecified atom stereocenters. The second kappa shape index (κ2) is 19.9. The number of aryl methyl sites for hydroxylation is 1. The van der Waals surface area contributed by atoms with Crippen LogP contribution in [0.3, 0.4) is 0 Å². The van der Waals surface area contributed by atoms with Crippen LogP contribution in [0.4, 0.5) is 0 Å². The van der Waals surface area contributed by atoms with E-state index in [9.17, 15) is 4.79 Å². The zero-order valence-electron chi connectivity index (χ0n) is 29.0. The lowest BCUT2D eigenvalue weighted by molar-refractivity contribution is -0.119. The number of amidine groups is 1. The van der Waals surface area contributed by atoms with Gasteiger partial charge in [-0.2, -0.15) is 5.11 Å². The van der Waals surface area contributed by atoms with Gasteiger partial charge in [-0.3, -0.25) is 14.8 Å². The lowest BCUT2D eigenvalue weighted by Crippen LogP contribution is -2.38.